The summed E-state index contributed by atoms with van der Waals surface area (Å²) in [5, 5.41) is 12.3. The van der Waals surface area contributed by atoms with E-state index < -0.39 is 0 Å². The minimum Gasteiger partial charge on any atom is -0.298 e. The molecule has 0 saturated carbocycles. The average molecular weight is 499 g/mol. The lowest BCUT2D eigenvalue weighted by Crippen LogP contribution is -2.55. The second-order valence-corrected chi connectivity index (χ2v) is 11.1. The minimum absolute atomic E-state index is 0.102. The molecule has 2 aromatic rings. The number of fused-ring (bicyclic) bond motifs is 2. The third kappa shape index (κ3) is 5.34. The Balaban J connectivity index is 1.44. The molecule has 5 nitrogen and oxygen atoms in total. The van der Waals surface area contributed by atoms with E-state index in [-0.39, 0.29) is 18.0 Å². The van der Waals surface area contributed by atoms with Crippen molar-refractivity contribution >= 4 is 28.5 Å². The molecule has 2 aliphatic heterocycles. The van der Waals surface area contributed by atoms with Crippen LogP contribution in [0.3, 0.4) is 0 Å². The van der Waals surface area contributed by atoms with Crippen LogP contribution in [0.1, 0.15) is 52.0 Å². The summed E-state index contributed by atoms with van der Waals surface area (Å²) in [5.74, 6) is 1.39. The summed E-state index contributed by atoms with van der Waals surface area (Å²) < 4.78 is 0. The van der Waals surface area contributed by atoms with Crippen molar-refractivity contribution in [3.05, 3.63) is 94.0 Å². The maximum absolute atomic E-state index is 13.4. The highest BCUT2D eigenvalue weighted by molar-refractivity contribution is 8.13. The number of allylic oxidation sites excluding steroid dienone is 4. The van der Waals surface area contributed by atoms with Crippen LogP contribution in [0.25, 0.3) is 5.70 Å². The fourth-order valence-electron chi connectivity index (χ4n) is 5.27. The lowest BCUT2D eigenvalue weighted by Gasteiger charge is -2.41. The Labute approximate surface area is 217 Å². The number of para-hydroxylation sites is 1. The van der Waals surface area contributed by atoms with E-state index in [4.69, 9.17) is 10.1 Å². The molecule has 0 aromatic heterocycles. The first kappa shape index (κ1) is 24.6. The smallest absolute Gasteiger partial charge is 0.276 e. The maximum atomic E-state index is 13.4. The van der Waals surface area contributed by atoms with Crippen LogP contribution in [0, 0.1) is 11.8 Å². The van der Waals surface area contributed by atoms with Crippen molar-refractivity contribution in [2.75, 3.05) is 0 Å². The highest BCUT2D eigenvalue weighted by Gasteiger charge is 2.40. The lowest BCUT2D eigenvalue weighted by atomic mass is 9.77. The number of carbonyl (C=O) groups excluding carboxylic acids is 1. The molecule has 0 bridgehead atoms. The molecular formula is C30H34N4OS. The van der Waals surface area contributed by atoms with Gasteiger partial charge in [-0.25, -0.2) is 5.01 Å². The van der Waals surface area contributed by atoms with Gasteiger partial charge in [0.05, 0.1) is 5.36 Å². The molecule has 0 spiro atoms. The Hall–Kier alpha value is -3.12. The van der Waals surface area contributed by atoms with Gasteiger partial charge in [-0.1, -0.05) is 90.5 Å². The molecule has 2 aromatic carbocycles. The zero-order chi connectivity index (χ0) is 25.1. The Morgan fingerprint density at radius 2 is 1.92 bits per heavy atom. The Kier molecular flexibility index (Phi) is 7.42. The molecule has 1 aliphatic carbocycles. The zero-order valence-corrected chi connectivity index (χ0v) is 22.1. The molecule has 5 rings (SSSR count). The minimum atomic E-state index is -0.196. The van der Waals surface area contributed by atoms with Crippen LogP contribution in [-0.4, -0.2) is 22.2 Å². The van der Waals surface area contributed by atoms with Crippen LogP contribution in [0.4, 0.5) is 0 Å². The van der Waals surface area contributed by atoms with Gasteiger partial charge in [-0.2, -0.15) is 0 Å². The summed E-state index contributed by atoms with van der Waals surface area (Å²) in [6.07, 6.45) is 8.79. The van der Waals surface area contributed by atoms with Gasteiger partial charge in [-0.15, -0.1) is 5.10 Å². The lowest BCUT2D eigenvalue weighted by molar-refractivity contribution is -0.116. The Bertz CT molecular complexity index is 1340. The summed E-state index contributed by atoms with van der Waals surface area (Å²) >= 11 is 1.56. The number of carbonyl (C=O) groups is 1. The number of nitrogens with zero attached hydrogens (tertiary/aromatic N) is 3. The first-order valence-electron chi connectivity index (χ1n) is 12.8. The number of thioether (sulfide) groups is 1. The third-order valence-corrected chi connectivity index (χ3v) is 8.09. The van der Waals surface area contributed by atoms with Crippen LogP contribution < -0.4 is 15.9 Å². The summed E-state index contributed by atoms with van der Waals surface area (Å²) in [5.41, 5.74) is 4.73. The van der Waals surface area contributed by atoms with Crippen LogP contribution in [0.15, 0.2) is 88.0 Å². The normalized spacial score (nSPS) is 23.0. The van der Waals surface area contributed by atoms with Gasteiger partial charge < -0.3 is 0 Å². The van der Waals surface area contributed by atoms with Gasteiger partial charge in [-0.05, 0) is 57.1 Å². The molecule has 3 atom stereocenters. The number of nitrogens with one attached hydrogen (secondary N) is 1. The van der Waals surface area contributed by atoms with E-state index in [0.717, 1.165) is 42.0 Å². The predicted octanol–water partition coefficient (Wildman–Crippen LogP) is 5.11. The van der Waals surface area contributed by atoms with Crippen molar-refractivity contribution in [2.45, 2.75) is 58.4 Å². The van der Waals surface area contributed by atoms with Crippen molar-refractivity contribution in [3.63, 3.8) is 0 Å². The molecular weight excluding hydrogens is 464 g/mol. The highest BCUT2D eigenvalue weighted by Crippen LogP contribution is 2.38. The van der Waals surface area contributed by atoms with E-state index in [1.165, 1.54) is 16.7 Å². The standard InChI is InChI=1S/C30H34N4OS/c1-20(2)10-9-13-22-16-17-24(21(3)18-22)28-31-26-15-8-7-14-25(26)27-29(35)32-30(33-34(27)28)36-19-23-11-5-4-6-12-23/h4-8,10-12,14-16,21,24,28H,9,13,17-19H2,1-3H3,(H,32,33,35)/t21-,24-,28-/m0/s1. The molecule has 1 N–H and O–H groups in total. The summed E-state index contributed by atoms with van der Waals surface area (Å²) in [4.78, 5) is 18.6. The largest absolute Gasteiger partial charge is 0.298 e. The van der Waals surface area contributed by atoms with E-state index in [2.05, 4.69) is 50.4 Å². The second kappa shape index (κ2) is 10.9. The van der Waals surface area contributed by atoms with Crippen molar-refractivity contribution in [1.82, 2.24) is 10.3 Å². The van der Waals surface area contributed by atoms with Crippen LogP contribution in [0.5, 0.6) is 0 Å². The second-order valence-electron chi connectivity index (χ2n) is 10.2. The van der Waals surface area contributed by atoms with Gasteiger partial charge in [0.25, 0.3) is 5.91 Å². The van der Waals surface area contributed by atoms with E-state index in [0.29, 0.717) is 16.8 Å². The molecule has 0 fully saturated rings. The Morgan fingerprint density at radius 3 is 2.69 bits per heavy atom. The summed E-state index contributed by atoms with van der Waals surface area (Å²) in [7, 11) is 0. The molecule has 0 saturated heterocycles. The van der Waals surface area contributed by atoms with E-state index >= 15 is 0 Å². The number of hydrazone groups is 1. The number of rotatable bonds is 6. The maximum Gasteiger partial charge on any atom is 0.276 e. The topological polar surface area (TPSA) is 57.1 Å². The quantitative estimate of drug-likeness (QED) is 0.563. The van der Waals surface area contributed by atoms with Crippen molar-refractivity contribution in [2.24, 2.45) is 21.9 Å². The first-order chi connectivity index (χ1) is 17.5. The van der Waals surface area contributed by atoms with E-state index in [1.807, 2.05) is 47.5 Å². The number of hydrogen-bond donors (Lipinski definition) is 1. The van der Waals surface area contributed by atoms with Crippen LogP contribution in [0.2, 0.25) is 0 Å². The zero-order valence-electron chi connectivity index (χ0n) is 21.3. The van der Waals surface area contributed by atoms with Gasteiger partial charge in [0.15, 0.2) is 5.17 Å². The first-order valence-corrected chi connectivity index (χ1v) is 13.8. The fraction of sp³-hybridized carbons (Fsp3) is 0.367. The van der Waals surface area contributed by atoms with Gasteiger partial charge in [0.2, 0.25) is 0 Å². The predicted molar refractivity (Wildman–Crippen MR) is 148 cm³/mol. The van der Waals surface area contributed by atoms with Gasteiger partial charge >= 0.3 is 0 Å². The Morgan fingerprint density at radius 1 is 1.14 bits per heavy atom. The molecule has 36 heavy (non-hydrogen) atoms. The summed E-state index contributed by atoms with van der Waals surface area (Å²) in [6.45, 7) is 6.64. The number of amidine groups is 1. The van der Waals surface area contributed by atoms with Crippen molar-refractivity contribution in [3.8, 4) is 0 Å². The number of benzene rings is 2. The molecule has 3 aliphatic rings. The average Bonchev–Trinajstić information content (AvgIpc) is 2.87. The van der Waals surface area contributed by atoms with Crippen molar-refractivity contribution in [1.29, 1.82) is 0 Å². The van der Waals surface area contributed by atoms with E-state index in [9.17, 15) is 4.79 Å². The molecule has 0 radical (unpaired) electrons. The molecule has 1 amide bonds. The van der Waals surface area contributed by atoms with Crippen LogP contribution >= 0.6 is 11.8 Å². The SMILES string of the molecule is CC(C)=CCCC1=CC[C@H]([C@H]2N=c3ccccc3=C3C(=O)NC(SCc4ccccc4)=NN32)[C@@H](C)C1. The molecule has 6 heteroatoms. The van der Waals surface area contributed by atoms with Gasteiger partial charge in [0.1, 0.15) is 11.9 Å². The number of hydrogen-bond acceptors (Lipinski definition) is 5. The van der Waals surface area contributed by atoms with E-state index in [1.54, 1.807) is 11.8 Å². The molecule has 2 heterocycles. The molecule has 0 unspecified atom stereocenters. The molecule has 186 valence electrons. The highest BCUT2D eigenvalue weighted by atomic mass is 32.2. The van der Waals surface area contributed by atoms with Gasteiger partial charge in [0, 0.05) is 16.9 Å². The fourth-order valence-corrected chi connectivity index (χ4v) is 6.08. The monoisotopic (exact) mass is 498 g/mol. The van der Waals surface area contributed by atoms with Crippen molar-refractivity contribution < 1.29 is 4.79 Å². The van der Waals surface area contributed by atoms with Gasteiger partial charge in [-0.3, -0.25) is 15.1 Å². The van der Waals surface area contributed by atoms with Crippen LogP contribution in [-0.2, 0) is 10.5 Å². The third-order valence-electron chi connectivity index (χ3n) is 7.16. The number of amides is 1. The summed E-state index contributed by atoms with van der Waals surface area (Å²) in [6, 6.07) is 18.2.